The highest BCUT2D eigenvalue weighted by molar-refractivity contribution is 5.85. The minimum Gasteiger partial charge on any atom is -0.481 e. The first-order chi connectivity index (χ1) is 21.6. The lowest BCUT2D eigenvalue weighted by Crippen LogP contribution is -2.42. The van der Waals surface area contributed by atoms with E-state index in [4.69, 9.17) is 19.7 Å². The third kappa shape index (κ3) is 26.5. The molecule has 6 N–H and O–H groups in total. The number of carboxylic acids is 3. The van der Waals surface area contributed by atoms with Crippen molar-refractivity contribution >= 4 is 41.9 Å². The number of carbonyl (C=O) groups excluding carboxylic acids is 4. The Hall–Kier alpha value is -3.59. The Kier molecular flexibility index (Phi) is 25.7. The maximum atomic E-state index is 12.2. The molecule has 0 aliphatic rings. The summed E-state index contributed by atoms with van der Waals surface area (Å²) < 4.78 is 10.4. The molecule has 0 spiro atoms. The quantitative estimate of drug-likeness (QED) is 0.0592. The topological polar surface area (TPSA) is 235 Å². The fourth-order valence-electron chi connectivity index (χ4n) is 4.21. The highest BCUT2D eigenvalue weighted by Gasteiger charge is 2.21. The molecular formula is C30H50N3O12. The van der Waals surface area contributed by atoms with Gasteiger partial charge in [0.2, 0.25) is 17.7 Å². The van der Waals surface area contributed by atoms with E-state index < -0.39 is 48.4 Å². The van der Waals surface area contributed by atoms with Crippen LogP contribution < -0.4 is 16.0 Å². The lowest BCUT2D eigenvalue weighted by Gasteiger charge is -2.14. The van der Waals surface area contributed by atoms with Gasteiger partial charge < -0.3 is 40.7 Å². The summed E-state index contributed by atoms with van der Waals surface area (Å²) in [5.74, 6) is -4.65. The van der Waals surface area contributed by atoms with E-state index in [0.29, 0.717) is 6.42 Å². The fraction of sp³-hybridized carbons (Fsp3) is 0.767. The first-order valence-corrected chi connectivity index (χ1v) is 15.6. The van der Waals surface area contributed by atoms with Crippen molar-refractivity contribution in [2.24, 2.45) is 0 Å². The van der Waals surface area contributed by atoms with E-state index in [1.165, 1.54) is 0 Å². The number of amides is 3. The van der Waals surface area contributed by atoms with Crippen LogP contribution in [0.15, 0.2) is 0 Å². The van der Waals surface area contributed by atoms with Crippen molar-refractivity contribution in [3.63, 3.8) is 0 Å². The summed E-state index contributed by atoms with van der Waals surface area (Å²) in [5.41, 5.74) is 0. The zero-order valence-electron chi connectivity index (χ0n) is 26.0. The van der Waals surface area contributed by atoms with Gasteiger partial charge >= 0.3 is 17.9 Å². The standard InChI is InChI=1S/C30H50N3O12/c34-18-11-12-23(29(40)41)33-27(37)22-45-21-20-44-19-17-31-25(35)16-15-24(30(42)43)32-26(36)13-9-7-5-3-1-2-4-6-8-10-14-28(38)39/h23-24H,1-17,19-22H2,(H,31,35)(H,32,36)(H,33,37)(H,38,39)(H,40,41)(H,42,43)/t23-,24-/m0/s1. The molecule has 1 radical (unpaired) electrons. The van der Waals surface area contributed by atoms with Crippen LogP contribution in [0, 0.1) is 0 Å². The smallest absolute Gasteiger partial charge is 0.326 e. The van der Waals surface area contributed by atoms with Crippen LogP contribution in [0.4, 0.5) is 0 Å². The number of hydrogen-bond donors (Lipinski definition) is 6. The van der Waals surface area contributed by atoms with Crippen LogP contribution in [0.1, 0.15) is 103 Å². The van der Waals surface area contributed by atoms with Crippen molar-refractivity contribution in [2.45, 2.75) is 115 Å². The van der Waals surface area contributed by atoms with Crippen molar-refractivity contribution in [3.05, 3.63) is 0 Å². The van der Waals surface area contributed by atoms with Crippen molar-refractivity contribution < 1.29 is 58.4 Å². The predicted octanol–water partition coefficient (Wildman–Crippen LogP) is 1.71. The zero-order chi connectivity index (χ0) is 33.7. The molecule has 257 valence electrons. The molecule has 0 saturated heterocycles. The van der Waals surface area contributed by atoms with Crippen LogP contribution in [0.3, 0.4) is 0 Å². The Morgan fingerprint density at radius 3 is 1.64 bits per heavy atom. The Labute approximate surface area is 264 Å². The van der Waals surface area contributed by atoms with Gasteiger partial charge in [0.25, 0.3) is 0 Å². The second kappa shape index (κ2) is 27.9. The van der Waals surface area contributed by atoms with Crippen LogP contribution in [-0.4, -0.2) is 102 Å². The first-order valence-electron chi connectivity index (χ1n) is 15.6. The maximum absolute atomic E-state index is 12.2. The van der Waals surface area contributed by atoms with E-state index in [1.807, 2.05) is 0 Å². The third-order valence-electron chi connectivity index (χ3n) is 6.68. The molecule has 0 unspecified atom stereocenters. The van der Waals surface area contributed by atoms with Gasteiger partial charge in [-0.3, -0.25) is 24.0 Å². The average Bonchev–Trinajstić information content (AvgIpc) is 2.98. The van der Waals surface area contributed by atoms with E-state index in [0.717, 1.165) is 57.8 Å². The monoisotopic (exact) mass is 644 g/mol. The SMILES string of the molecule is O=[C]CC[C@H](NC(=O)COCCOCCNC(=O)CC[C@H](NC(=O)CCCCCCCCCCCCC(=O)O)C(=O)O)C(=O)O. The lowest BCUT2D eigenvalue weighted by atomic mass is 10.0. The number of hydrogen-bond acceptors (Lipinski definition) is 9. The number of unbranched alkanes of at least 4 members (excludes halogenated alkanes) is 9. The van der Waals surface area contributed by atoms with E-state index in [2.05, 4.69) is 16.0 Å². The van der Waals surface area contributed by atoms with Crippen LogP contribution >= 0.6 is 0 Å². The minimum absolute atomic E-state index is 0.0417. The first kappa shape index (κ1) is 41.4. The van der Waals surface area contributed by atoms with E-state index in [1.54, 1.807) is 6.29 Å². The summed E-state index contributed by atoms with van der Waals surface area (Å²) in [6, 6.07) is -2.37. The predicted molar refractivity (Wildman–Crippen MR) is 161 cm³/mol. The summed E-state index contributed by atoms with van der Waals surface area (Å²) in [5, 5.41) is 34.3. The molecule has 3 amide bonds. The van der Waals surface area contributed by atoms with Gasteiger partial charge in [0, 0.05) is 32.2 Å². The Bertz CT molecular complexity index is 899. The van der Waals surface area contributed by atoms with Crippen LogP contribution in [0.2, 0.25) is 0 Å². The van der Waals surface area contributed by atoms with Crippen molar-refractivity contribution in [3.8, 4) is 0 Å². The molecule has 2 atom stereocenters. The Balaban J connectivity index is 3.85. The van der Waals surface area contributed by atoms with E-state index >= 15 is 0 Å². The minimum atomic E-state index is -1.27. The average molecular weight is 645 g/mol. The molecule has 15 heteroatoms. The largest absolute Gasteiger partial charge is 0.481 e. The van der Waals surface area contributed by atoms with Crippen molar-refractivity contribution in [1.82, 2.24) is 16.0 Å². The van der Waals surface area contributed by atoms with Crippen LogP contribution in [-0.2, 0) is 43.0 Å². The summed E-state index contributed by atoms with van der Waals surface area (Å²) in [6.07, 6.45) is 11.2. The summed E-state index contributed by atoms with van der Waals surface area (Å²) in [4.78, 5) is 79.2. The summed E-state index contributed by atoms with van der Waals surface area (Å²) in [6.45, 7) is 0.0513. The van der Waals surface area contributed by atoms with Gasteiger partial charge in [0.1, 0.15) is 18.7 Å². The molecule has 0 rings (SSSR count). The number of aliphatic carboxylic acids is 3. The molecule has 0 aliphatic heterocycles. The van der Waals surface area contributed by atoms with E-state index in [-0.39, 0.29) is 70.8 Å². The summed E-state index contributed by atoms with van der Waals surface area (Å²) >= 11 is 0. The highest BCUT2D eigenvalue weighted by Crippen LogP contribution is 2.12. The number of carboxylic acid groups (broad SMARTS) is 3. The number of rotatable bonds is 31. The van der Waals surface area contributed by atoms with Crippen molar-refractivity contribution in [2.75, 3.05) is 33.0 Å². The second-order valence-electron chi connectivity index (χ2n) is 10.6. The molecule has 0 fully saturated rings. The highest BCUT2D eigenvalue weighted by atomic mass is 16.5. The molecule has 0 aliphatic carbocycles. The lowest BCUT2D eigenvalue weighted by molar-refractivity contribution is -0.143. The normalized spacial score (nSPS) is 12.1. The Morgan fingerprint density at radius 1 is 0.578 bits per heavy atom. The molecule has 45 heavy (non-hydrogen) atoms. The Morgan fingerprint density at radius 2 is 1.09 bits per heavy atom. The fourth-order valence-corrected chi connectivity index (χ4v) is 4.21. The van der Waals surface area contributed by atoms with Crippen molar-refractivity contribution in [1.29, 1.82) is 0 Å². The second-order valence-corrected chi connectivity index (χ2v) is 10.6. The summed E-state index contributed by atoms with van der Waals surface area (Å²) in [7, 11) is 0. The molecule has 0 aromatic rings. The number of carbonyl (C=O) groups is 6. The molecule has 15 nitrogen and oxygen atoms in total. The number of nitrogens with one attached hydrogen (secondary N) is 3. The van der Waals surface area contributed by atoms with Gasteiger partial charge in [-0.25, -0.2) is 9.59 Å². The van der Waals surface area contributed by atoms with Gasteiger partial charge in [0.15, 0.2) is 6.29 Å². The maximum Gasteiger partial charge on any atom is 0.326 e. The van der Waals surface area contributed by atoms with Gasteiger partial charge in [-0.15, -0.1) is 0 Å². The van der Waals surface area contributed by atoms with Crippen LogP contribution in [0.5, 0.6) is 0 Å². The molecule has 0 bridgehead atoms. The van der Waals surface area contributed by atoms with E-state index in [9.17, 15) is 38.7 Å². The molecule has 0 heterocycles. The van der Waals surface area contributed by atoms with Gasteiger partial charge in [-0.1, -0.05) is 51.4 Å². The van der Waals surface area contributed by atoms with Gasteiger partial charge in [0.05, 0.1) is 19.8 Å². The van der Waals surface area contributed by atoms with Gasteiger partial charge in [-0.05, 0) is 25.7 Å². The molecular weight excluding hydrogens is 594 g/mol. The molecule has 0 saturated carbocycles. The number of ether oxygens (including phenoxy) is 2. The zero-order valence-corrected chi connectivity index (χ0v) is 26.0. The van der Waals surface area contributed by atoms with Crippen LogP contribution in [0.25, 0.3) is 0 Å². The third-order valence-corrected chi connectivity index (χ3v) is 6.68. The van der Waals surface area contributed by atoms with Gasteiger partial charge in [-0.2, -0.15) is 0 Å². The molecule has 0 aromatic heterocycles. The molecule has 0 aromatic carbocycles.